The smallest absolute Gasteiger partial charge is 0.278 e. The van der Waals surface area contributed by atoms with Crippen LogP contribution in [0.3, 0.4) is 0 Å². The SMILES string of the molecule is Cc1cccc(N2CC[NH+](CC(=O)N(C3CCCC3)[C@H]3CCS(=O)(=O)C3)CC2)c1C. The third kappa shape index (κ3) is 4.67. The van der Waals surface area contributed by atoms with Crippen molar-refractivity contribution in [1.82, 2.24) is 4.90 Å². The zero-order chi connectivity index (χ0) is 21.3. The zero-order valence-electron chi connectivity index (χ0n) is 18.4. The van der Waals surface area contributed by atoms with E-state index >= 15 is 0 Å². The molecule has 30 heavy (non-hydrogen) atoms. The van der Waals surface area contributed by atoms with Gasteiger partial charge in [0.2, 0.25) is 0 Å². The average molecular weight is 435 g/mol. The second-order valence-corrected chi connectivity index (χ2v) is 11.7. The molecule has 0 spiro atoms. The molecule has 7 heteroatoms. The van der Waals surface area contributed by atoms with Gasteiger partial charge in [0.25, 0.3) is 5.91 Å². The first-order valence-electron chi connectivity index (χ1n) is 11.5. The molecule has 4 rings (SSSR count). The fourth-order valence-corrected chi connectivity index (χ4v) is 7.22. The number of hydrogen-bond donors (Lipinski definition) is 1. The van der Waals surface area contributed by atoms with Crippen molar-refractivity contribution in [2.24, 2.45) is 0 Å². The van der Waals surface area contributed by atoms with Crippen LogP contribution in [0.5, 0.6) is 0 Å². The zero-order valence-corrected chi connectivity index (χ0v) is 19.2. The maximum Gasteiger partial charge on any atom is 0.278 e. The van der Waals surface area contributed by atoms with Crippen LogP contribution in [-0.2, 0) is 14.6 Å². The summed E-state index contributed by atoms with van der Waals surface area (Å²) in [7, 11) is -2.99. The molecular formula is C23H36N3O3S+. The van der Waals surface area contributed by atoms with Crippen LogP contribution in [0.2, 0.25) is 0 Å². The highest BCUT2D eigenvalue weighted by molar-refractivity contribution is 7.91. The van der Waals surface area contributed by atoms with Crippen molar-refractivity contribution in [2.45, 2.75) is 58.0 Å². The van der Waals surface area contributed by atoms with E-state index in [2.05, 4.69) is 36.9 Å². The lowest BCUT2D eigenvalue weighted by Gasteiger charge is -2.37. The monoisotopic (exact) mass is 434 g/mol. The number of nitrogens with zero attached hydrogens (tertiary/aromatic N) is 2. The second-order valence-electron chi connectivity index (χ2n) is 9.43. The number of aryl methyl sites for hydroxylation is 1. The van der Waals surface area contributed by atoms with E-state index in [0.29, 0.717) is 13.0 Å². The number of amides is 1. The van der Waals surface area contributed by atoms with Crippen molar-refractivity contribution < 1.29 is 18.1 Å². The van der Waals surface area contributed by atoms with Gasteiger partial charge < -0.3 is 14.7 Å². The van der Waals surface area contributed by atoms with Gasteiger partial charge in [0, 0.05) is 17.8 Å². The Morgan fingerprint density at radius 3 is 2.43 bits per heavy atom. The normalized spacial score (nSPS) is 25.0. The summed E-state index contributed by atoms with van der Waals surface area (Å²) in [5, 5.41) is 0. The van der Waals surface area contributed by atoms with Crippen LogP contribution in [-0.4, -0.2) is 75.5 Å². The van der Waals surface area contributed by atoms with Gasteiger partial charge in [0.05, 0.1) is 37.7 Å². The third-order valence-corrected chi connectivity index (χ3v) is 9.15. The lowest BCUT2D eigenvalue weighted by atomic mass is 10.1. The molecule has 1 saturated carbocycles. The number of quaternary nitrogens is 1. The van der Waals surface area contributed by atoms with Crippen molar-refractivity contribution in [3.05, 3.63) is 29.3 Å². The number of benzene rings is 1. The Kier molecular flexibility index (Phi) is 6.39. The maximum absolute atomic E-state index is 13.3. The van der Waals surface area contributed by atoms with Gasteiger partial charge in [-0.05, 0) is 50.3 Å². The minimum Gasteiger partial charge on any atom is -0.360 e. The topological polar surface area (TPSA) is 62.1 Å². The van der Waals surface area contributed by atoms with E-state index in [4.69, 9.17) is 0 Å². The molecule has 166 valence electrons. The predicted molar refractivity (Wildman–Crippen MR) is 120 cm³/mol. The summed E-state index contributed by atoms with van der Waals surface area (Å²) in [5.74, 6) is 0.555. The van der Waals surface area contributed by atoms with Crippen LogP contribution in [0, 0.1) is 13.8 Å². The number of rotatable bonds is 5. The van der Waals surface area contributed by atoms with Crippen LogP contribution in [0.15, 0.2) is 18.2 Å². The molecule has 0 bridgehead atoms. The molecule has 1 N–H and O–H groups in total. The molecule has 1 aliphatic carbocycles. The average Bonchev–Trinajstić information content (AvgIpc) is 3.35. The molecule has 2 aliphatic heterocycles. The molecule has 0 radical (unpaired) electrons. The van der Waals surface area contributed by atoms with Gasteiger partial charge in [-0.2, -0.15) is 0 Å². The summed E-state index contributed by atoms with van der Waals surface area (Å²) in [6, 6.07) is 6.60. The first-order chi connectivity index (χ1) is 14.3. The molecule has 2 saturated heterocycles. The summed E-state index contributed by atoms with van der Waals surface area (Å²) in [6.45, 7) is 8.62. The minimum absolute atomic E-state index is 0.110. The number of carbonyl (C=O) groups is 1. The minimum atomic E-state index is -2.99. The van der Waals surface area contributed by atoms with E-state index in [1.807, 2.05) is 4.90 Å². The van der Waals surface area contributed by atoms with Gasteiger partial charge in [-0.15, -0.1) is 0 Å². The lowest BCUT2D eigenvalue weighted by Crippen LogP contribution is -3.16. The van der Waals surface area contributed by atoms with Gasteiger partial charge in [0.15, 0.2) is 16.4 Å². The van der Waals surface area contributed by atoms with Crippen molar-refractivity contribution >= 4 is 21.4 Å². The Hall–Kier alpha value is -1.60. The van der Waals surface area contributed by atoms with Crippen LogP contribution in [0.4, 0.5) is 5.69 Å². The molecule has 3 fully saturated rings. The first-order valence-corrected chi connectivity index (χ1v) is 13.3. The van der Waals surface area contributed by atoms with E-state index in [1.54, 1.807) is 0 Å². The summed E-state index contributed by atoms with van der Waals surface area (Å²) >= 11 is 0. The summed E-state index contributed by atoms with van der Waals surface area (Å²) in [6.07, 6.45) is 4.96. The number of hydrogen-bond acceptors (Lipinski definition) is 4. The van der Waals surface area contributed by atoms with Gasteiger partial charge >= 0.3 is 0 Å². The van der Waals surface area contributed by atoms with Crippen LogP contribution < -0.4 is 9.80 Å². The maximum atomic E-state index is 13.3. The van der Waals surface area contributed by atoms with Gasteiger partial charge in [-0.1, -0.05) is 25.0 Å². The highest BCUT2D eigenvalue weighted by Gasteiger charge is 2.40. The Labute approximate surface area is 181 Å². The number of nitrogens with one attached hydrogen (secondary N) is 1. The molecule has 1 atom stereocenters. The van der Waals surface area contributed by atoms with Crippen molar-refractivity contribution in [3.8, 4) is 0 Å². The van der Waals surface area contributed by atoms with E-state index in [9.17, 15) is 13.2 Å². The van der Waals surface area contributed by atoms with Crippen LogP contribution in [0.25, 0.3) is 0 Å². The second kappa shape index (κ2) is 8.87. The largest absolute Gasteiger partial charge is 0.360 e. The number of carbonyl (C=O) groups excluding carboxylic acids is 1. The molecule has 2 heterocycles. The first kappa shape index (κ1) is 21.6. The third-order valence-electron chi connectivity index (χ3n) is 7.40. The van der Waals surface area contributed by atoms with Gasteiger partial charge in [-0.25, -0.2) is 8.42 Å². The molecular weight excluding hydrogens is 398 g/mol. The Morgan fingerprint density at radius 2 is 1.80 bits per heavy atom. The van der Waals surface area contributed by atoms with Crippen molar-refractivity contribution in [1.29, 1.82) is 0 Å². The van der Waals surface area contributed by atoms with E-state index in [-0.39, 0.29) is 29.5 Å². The lowest BCUT2D eigenvalue weighted by molar-refractivity contribution is -0.892. The number of anilines is 1. The molecule has 6 nitrogen and oxygen atoms in total. The Morgan fingerprint density at radius 1 is 1.10 bits per heavy atom. The summed E-state index contributed by atoms with van der Waals surface area (Å²) in [4.78, 5) is 19.1. The summed E-state index contributed by atoms with van der Waals surface area (Å²) in [5.41, 5.74) is 3.96. The molecule has 1 amide bonds. The van der Waals surface area contributed by atoms with E-state index in [0.717, 1.165) is 51.9 Å². The molecule has 0 aromatic heterocycles. The quantitative estimate of drug-likeness (QED) is 0.750. The predicted octanol–water partition coefficient (Wildman–Crippen LogP) is 0.967. The molecule has 1 aromatic carbocycles. The van der Waals surface area contributed by atoms with Gasteiger partial charge in [0.1, 0.15) is 0 Å². The van der Waals surface area contributed by atoms with E-state index in [1.165, 1.54) is 21.7 Å². The Bertz CT molecular complexity index is 872. The Balaban J connectivity index is 1.38. The number of sulfone groups is 1. The molecule has 3 aliphatic rings. The van der Waals surface area contributed by atoms with Crippen molar-refractivity contribution in [3.63, 3.8) is 0 Å². The van der Waals surface area contributed by atoms with E-state index < -0.39 is 9.84 Å². The highest BCUT2D eigenvalue weighted by Crippen LogP contribution is 2.29. The van der Waals surface area contributed by atoms with Crippen LogP contribution >= 0.6 is 0 Å². The van der Waals surface area contributed by atoms with Crippen LogP contribution in [0.1, 0.15) is 43.2 Å². The molecule has 0 unspecified atom stereocenters. The standard InChI is InChI=1S/C23H35N3O3S/c1-18-6-5-9-22(19(18)2)25-13-11-24(12-14-25)16-23(27)26(20-7-3-4-8-20)21-10-15-30(28,29)17-21/h5-6,9,20-21H,3-4,7-8,10-17H2,1-2H3/p+1/t21-/m0/s1. The number of piperazine rings is 1. The van der Waals surface area contributed by atoms with Gasteiger partial charge in [-0.3, -0.25) is 4.79 Å². The fraction of sp³-hybridized carbons (Fsp3) is 0.696. The fourth-order valence-electron chi connectivity index (χ4n) is 5.51. The van der Waals surface area contributed by atoms with Crippen molar-refractivity contribution in [2.75, 3.05) is 49.1 Å². The highest BCUT2D eigenvalue weighted by atomic mass is 32.2. The summed E-state index contributed by atoms with van der Waals surface area (Å²) < 4.78 is 24.1. The molecule has 1 aromatic rings.